The minimum atomic E-state index is 0.0807. The summed E-state index contributed by atoms with van der Waals surface area (Å²) in [5.41, 5.74) is 0.0807. The lowest BCUT2D eigenvalue weighted by molar-refractivity contribution is -0.0946. The lowest BCUT2D eigenvalue weighted by atomic mass is 9.78. The van der Waals surface area contributed by atoms with Crippen LogP contribution in [0, 0.1) is 5.92 Å². The van der Waals surface area contributed by atoms with Gasteiger partial charge in [-0.1, -0.05) is 19.8 Å². The lowest BCUT2D eigenvalue weighted by Gasteiger charge is -2.40. The molecule has 1 N–H and O–H groups in total. The van der Waals surface area contributed by atoms with Crippen molar-refractivity contribution in [2.45, 2.75) is 64.0 Å². The highest BCUT2D eigenvalue weighted by molar-refractivity contribution is 4.92. The van der Waals surface area contributed by atoms with Gasteiger partial charge in [0, 0.05) is 19.2 Å². The van der Waals surface area contributed by atoms with Gasteiger partial charge in [-0.3, -0.25) is 0 Å². The molecule has 2 rings (SSSR count). The molecule has 2 aliphatic carbocycles. The average Bonchev–Trinajstić information content (AvgIpc) is 3.17. The van der Waals surface area contributed by atoms with Crippen molar-refractivity contribution in [3.8, 4) is 0 Å². The third-order valence-corrected chi connectivity index (χ3v) is 4.18. The molecule has 0 radical (unpaired) electrons. The second-order valence-electron chi connectivity index (χ2n) is 6.09. The van der Waals surface area contributed by atoms with Gasteiger partial charge in [0.1, 0.15) is 0 Å². The van der Waals surface area contributed by atoms with E-state index in [1.807, 2.05) is 6.92 Å². The van der Waals surface area contributed by atoms with Crippen molar-refractivity contribution in [1.82, 2.24) is 5.32 Å². The van der Waals surface area contributed by atoms with E-state index in [4.69, 9.17) is 9.47 Å². The first kappa shape index (κ1) is 14.3. The highest BCUT2D eigenvalue weighted by Gasteiger charge is 2.37. The minimum absolute atomic E-state index is 0.0807. The van der Waals surface area contributed by atoms with Gasteiger partial charge >= 0.3 is 0 Å². The van der Waals surface area contributed by atoms with E-state index in [1.54, 1.807) is 0 Å². The van der Waals surface area contributed by atoms with Gasteiger partial charge in [-0.15, -0.1) is 0 Å². The third kappa shape index (κ3) is 4.52. The Morgan fingerprint density at radius 3 is 2.72 bits per heavy atom. The zero-order chi connectivity index (χ0) is 12.8. The molecule has 0 amide bonds. The van der Waals surface area contributed by atoms with Crippen molar-refractivity contribution in [2.75, 3.05) is 26.4 Å². The zero-order valence-electron chi connectivity index (χ0n) is 12.0. The molecular weight excluding hydrogens is 226 g/mol. The Morgan fingerprint density at radius 1 is 1.22 bits per heavy atom. The van der Waals surface area contributed by atoms with Crippen LogP contribution in [0.2, 0.25) is 0 Å². The quantitative estimate of drug-likeness (QED) is 0.677. The van der Waals surface area contributed by atoms with Crippen molar-refractivity contribution in [3.63, 3.8) is 0 Å². The van der Waals surface area contributed by atoms with Gasteiger partial charge in [-0.05, 0) is 38.5 Å². The van der Waals surface area contributed by atoms with Crippen molar-refractivity contribution < 1.29 is 9.47 Å². The van der Waals surface area contributed by atoms with Crippen LogP contribution in [0.5, 0.6) is 0 Å². The van der Waals surface area contributed by atoms with Gasteiger partial charge in [-0.25, -0.2) is 0 Å². The number of ether oxygens (including phenoxy) is 2. The second kappa shape index (κ2) is 6.88. The fourth-order valence-corrected chi connectivity index (χ4v) is 3.03. The van der Waals surface area contributed by atoms with Gasteiger partial charge in [0.2, 0.25) is 0 Å². The van der Waals surface area contributed by atoms with E-state index in [9.17, 15) is 0 Å². The Hall–Kier alpha value is -0.120. The molecule has 0 aromatic rings. The van der Waals surface area contributed by atoms with E-state index in [0.717, 1.165) is 38.3 Å². The Balaban J connectivity index is 1.79. The monoisotopic (exact) mass is 255 g/mol. The minimum Gasteiger partial charge on any atom is -0.379 e. The Labute approximate surface area is 112 Å². The first-order valence-electron chi connectivity index (χ1n) is 7.69. The molecule has 0 saturated heterocycles. The summed E-state index contributed by atoms with van der Waals surface area (Å²) in [4.78, 5) is 0. The maximum atomic E-state index is 6.23. The van der Waals surface area contributed by atoms with E-state index >= 15 is 0 Å². The van der Waals surface area contributed by atoms with Crippen LogP contribution in [0.4, 0.5) is 0 Å². The molecule has 2 atom stereocenters. The summed E-state index contributed by atoms with van der Waals surface area (Å²) in [7, 11) is 0. The van der Waals surface area contributed by atoms with E-state index in [0.29, 0.717) is 0 Å². The van der Waals surface area contributed by atoms with Crippen LogP contribution >= 0.6 is 0 Å². The number of rotatable bonds is 8. The first-order valence-corrected chi connectivity index (χ1v) is 7.69. The van der Waals surface area contributed by atoms with Crippen molar-refractivity contribution >= 4 is 0 Å². The van der Waals surface area contributed by atoms with Gasteiger partial charge in [0.25, 0.3) is 0 Å². The van der Waals surface area contributed by atoms with Crippen LogP contribution in [0.1, 0.15) is 52.4 Å². The molecule has 106 valence electrons. The average molecular weight is 255 g/mol. The Morgan fingerprint density at radius 2 is 2.06 bits per heavy atom. The van der Waals surface area contributed by atoms with Crippen LogP contribution in [-0.2, 0) is 9.47 Å². The first-order chi connectivity index (χ1) is 8.74. The summed E-state index contributed by atoms with van der Waals surface area (Å²) in [5.74, 6) is 0.798. The molecule has 2 aliphatic rings. The summed E-state index contributed by atoms with van der Waals surface area (Å²) >= 11 is 0. The number of nitrogens with one attached hydrogen (secondary N) is 1. The van der Waals surface area contributed by atoms with Crippen molar-refractivity contribution in [2.24, 2.45) is 5.92 Å². The van der Waals surface area contributed by atoms with Crippen LogP contribution in [0.15, 0.2) is 0 Å². The number of hydrogen-bond donors (Lipinski definition) is 1. The predicted octanol–water partition coefficient (Wildman–Crippen LogP) is 2.74. The topological polar surface area (TPSA) is 30.5 Å². The second-order valence-corrected chi connectivity index (χ2v) is 6.09. The van der Waals surface area contributed by atoms with E-state index in [2.05, 4.69) is 12.2 Å². The molecule has 0 heterocycles. The molecule has 0 spiro atoms. The summed E-state index contributed by atoms with van der Waals surface area (Å²) in [6.45, 7) is 7.69. The summed E-state index contributed by atoms with van der Waals surface area (Å²) in [5, 5.41) is 3.66. The lowest BCUT2D eigenvalue weighted by Crippen LogP contribution is -2.47. The van der Waals surface area contributed by atoms with Crippen LogP contribution in [0.3, 0.4) is 0 Å². The Kier molecular flexibility index (Phi) is 5.46. The molecule has 0 aromatic heterocycles. The highest BCUT2D eigenvalue weighted by Crippen LogP contribution is 2.35. The molecule has 3 heteroatoms. The summed E-state index contributed by atoms with van der Waals surface area (Å²) < 4.78 is 11.6. The van der Waals surface area contributed by atoms with Crippen LogP contribution in [0.25, 0.3) is 0 Å². The molecular formula is C15H29NO2. The maximum absolute atomic E-state index is 6.23. The Bertz CT molecular complexity index is 243. The van der Waals surface area contributed by atoms with Gasteiger partial charge in [0.15, 0.2) is 0 Å². The largest absolute Gasteiger partial charge is 0.379 e. The zero-order valence-corrected chi connectivity index (χ0v) is 12.0. The van der Waals surface area contributed by atoms with Crippen LogP contribution in [-0.4, -0.2) is 38.0 Å². The summed E-state index contributed by atoms with van der Waals surface area (Å²) in [6, 6.07) is 0.773. The van der Waals surface area contributed by atoms with E-state index in [-0.39, 0.29) is 5.60 Å². The standard InChI is InChI=1S/C15H29NO2/c1-3-17-9-10-18-15(12-16-14-6-7-14)8-4-5-13(2)11-15/h13-14,16H,3-12H2,1-2H3. The van der Waals surface area contributed by atoms with E-state index in [1.165, 1.54) is 38.5 Å². The molecule has 2 saturated carbocycles. The molecule has 0 aliphatic heterocycles. The molecule has 2 fully saturated rings. The molecule has 3 nitrogen and oxygen atoms in total. The van der Waals surface area contributed by atoms with Crippen LogP contribution < -0.4 is 5.32 Å². The van der Waals surface area contributed by atoms with Crippen molar-refractivity contribution in [1.29, 1.82) is 0 Å². The predicted molar refractivity (Wildman–Crippen MR) is 73.8 cm³/mol. The number of hydrogen-bond acceptors (Lipinski definition) is 3. The van der Waals surface area contributed by atoms with E-state index < -0.39 is 0 Å². The maximum Gasteiger partial charge on any atom is 0.0810 e. The fraction of sp³-hybridized carbons (Fsp3) is 1.00. The summed E-state index contributed by atoms with van der Waals surface area (Å²) in [6.07, 6.45) is 7.79. The SMILES string of the molecule is CCOCCOC1(CNC2CC2)CCCC(C)C1. The highest BCUT2D eigenvalue weighted by atomic mass is 16.5. The van der Waals surface area contributed by atoms with Gasteiger partial charge in [0.05, 0.1) is 18.8 Å². The van der Waals surface area contributed by atoms with Gasteiger partial charge in [-0.2, -0.15) is 0 Å². The fourth-order valence-electron chi connectivity index (χ4n) is 3.03. The molecule has 18 heavy (non-hydrogen) atoms. The molecule has 0 bridgehead atoms. The molecule has 2 unspecified atom stereocenters. The van der Waals surface area contributed by atoms with Crippen molar-refractivity contribution in [3.05, 3.63) is 0 Å². The smallest absolute Gasteiger partial charge is 0.0810 e. The normalized spacial score (nSPS) is 32.7. The molecule has 0 aromatic carbocycles. The van der Waals surface area contributed by atoms with Gasteiger partial charge < -0.3 is 14.8 Å². The third-order valence-electron chi connectivity index (χ3n) is 4.18.